The highest BCUT2D eigenvalue weighted by atomic mass is 35.5. The fraction of sp³-hybridized carbons (Fsp3) is 0.500. The molecule has 0 unspecified atom stereocenters. The highest BCUT2D eigenvalue weighted by Gasteiger charge is 2.32. The summed E-state index contributed by atoms with van der Waals surface area (Å²) < 4.78 is 13.5. The number of hydrogen-bond acceptors (Lipinski definition) is 3. The molecule has 0 radical (unpaired) electrons. The minimum atomic E-state index is -0.419. The minimum absolute atomic E-state index is 0.276. The van der Waals surface area contributed by atoms with Gasteiger partial charge >= 0.3 is 7.12 Å². The third-order valence-electron chi connectivity index (χ3n) is 3.73. The Kier molecular flexibility index (Phi) is 4.42. The van der Waals surface area contributed by atoms with Crippen LogP contribution in [0.2, 0.25) is 5.15 Å². The molecule has 2 rings (SSSR count). The Balaban J connectivity index is 2.29. The number of rotatable bonds is 5. The first-order chi connectivity index (χ1) is 9.33. The molecule has 20 heavy (non-hydrogen) atoms. The van der Waals surface area contributed by atoms with Crippen LogP contribution in [0, 0.1) is 5.92 Å². The molecule has 0 aromatic carbocycles. The summed E-state index contributed by atoms with van der Waals surface area (Å²) in [5.41, 5.74) is 1.46. The van der Waals surface area contributed by atoms with E-state index in [-0.39, 0.29) is 5.60 Å². The van der Waals surface area contributed by atoms with E-state index in [4.69, 9.17) is 20.9 Å². The van der Waals surface area contributed by atoms with E-state index in [0.29, 0.717) is 11.1 Å². The van der Waals surface area contributed by atoms with Gasteiger partial charge in [-0.2, -0.15) is 0 Å². The molecule has 2 aromatic heterocycles. The third kappa shape index (κ3) is 3.16. The number of aromatic nitrogens is 2. The monoisotopic (exact) mass is 294 g/mol. The van der Waals surface area contributed by atoms with Crippen molar-refractivity contribution in [1.29, 1.82) is 0 Å². The lowest BCUT2D eigenvalue weighted by Gasteiger charge is -2.32. The van der Waals surface area contributed by atoms with Crippen molar-refractivity contribution in [3.63, 3.8) is 0 Å². The van der Waals surface area contributed by atoms with Gasteiger partial charge in [-0.3, -0.25) is 0 Å². The van der Waals surface area contributed by atoms with Crippen molar-refractivity contribution in [2.75, 3.05) is 7.11 Å². The molecular formula is C14H20BClN2O2. The third-order valence-corrected chi connectivity index (χ3v) is 3.91. The Labute approximate surface area is 125 Å². The SMILES string of the molecule is COB(OC(C)(C)C(C)C)c1ccc2nc(Cl)cn2c1. The molecule has 0 amide bonds. The molecule has 2 aromatic rings. The van der Waals surface area contributed by atoms with Crippen LogP contribution in [0.1, 0.15) is 27.7 Å². The maximum atomic E-state index is 6.10. The van der Waals surface area contributed by atoms with Gasteiger partial charge in [0.05, 0.1) is 5.60 Å². The van der Waals surface area contributed by atoms with E-state index in [9.17, 15) is 0 Å². The predicted molar refractivity (Wildman–Crippen MR) is 82.6 cm³/mol. The van der Waals surface area contributed by atoms with E-state index in [1.54, 1.807) is 13.3 Å². The highest BCUT2D eigenvalue weighted by molar-refractivity contribution is 6.61. The standard InChI is InChI=1S/C14H20BClN2O2/c1-10(2)14(3,4)20-15(19-5)11-6-7-13-17-12(16)9-18(13)8-11/h6-10H,1-5H3. The van der Waals surface area contributed by atoms with Crippen LogP contribution in [0.4, 0.5) is 0 Å². The molecule has 4 nitrogen and oxygen atoms in total. The van der Waals surface area contributed by atoms with Crippen LogP contribution < -0.4 is 5.46 Å². The molecule has 0 aliphatic rings. The lowest BCUT2D eigenvalue weighted by atomic mass is 9.77. The van der Waals surface area contributed by atoms with Gasteiger partial charge < -0.3 is 13.7 Å². The molecule has 2 heterocycles. The highest BCUT2D eigenvalue weighted by Crippen LogP contribution is 2.21. The molecule has 0 saturated heterocycles. The summed E-state index contributed by atoms with van der Waals surface area (Å²) >= 11 is 5.90. The fourth-order valence-corrected chi connectivity index (χ4v) is 1.97. The summed E-state index contributed by atoms with van der Waals surface area (Å²) in [5, 5.41) is 0.472. The maximum absolute atomic E-state index is 6.10. The molecular weight excluding hydrogens is 274 g/mol. The van der Waals surface area contributed by atoms with Crippen LogP contribution in [-0.4, -0.2) is 29.2 Å². The molecule has 0 aliphatic heterocycles. The van der Waals surface area contributed by atoms with Crippen molar-refractivity contribution in [1.82, 2.24) is 9.38 Å². The van der Waals surface area contributed by atoms with E-state index < -0.39 is 7.12 Å². The van der Waals surface area contributed by atoms with Crippen LogP contribution >= 0.6 is 11.6 Å². The molecule has 0 N–H and O–H groups in total. The normalized spacial score (nSPS) is 12.3. The number of imidazole rings is 1. The van der Waals surface area contributed by atoms with Crippen molar-refractivity contribution >= 4 is 29.8 Å². The van der Waals surface area contributed by atoms with Gasteiger partial charge in [0.1, 0.15) is 10.8 Å². The van der Waals surface area contributed by atoms with Gasteiger partial charge in [-0.05, 0) is 31.3 Å². The molecule has 0 bridgehead atoms. The zero-order chi connectivity index (χ0) is 14.9. The van der Waals surface area contributed by atoms with Gasteiger partial charge in [-0.15, -0.1) is 0 Å². The van der Waals surface area contributed by atoms with Gasteiger partial charge in [0, 0.05) is 19.5 Å². The summed E-state index contributed by atoms with van der Waals surface area (Å²) in [7, 11) is 1.23. The van der Waals surface area contributed by atoms with Gasteiger partial charge in [0.2, 0.25) is 0 Å². The number of pyridine rings is 1. The predicted octanol–water partition coefficient (Wildman–Crippen LogP) is 2.78. The molecule has 0 atom stereocenters. The van der Waals surface area contributed by atoms with Crippen molar-refractivity contribution in [2.45, 2.75) is 33.3 Å². The Morgan fingerprint density at radius 3 is 2.60 bits per heavy atom. The first-order valence-electron chi connectivity index (χ1n) is 6.68. The summed E-state index contributed by atoms with van der Waals surface area (Å²) in [6, 6.07) is 3.85. The second-order valence-electron chi connectivity index (χ2n) is 5.74. The molecule has 0 aliphatic carbocycles. The Bertz CT molecular complexity index is 598. The van der Waals surface area contributed by atoms with Crippen LogP contribution in [0.3, 0.4) is 0 Å². The van der Waals surface area contributed by atoms with Crippen molar-refractivity contribution in [3.8, 4) is 0 Å². The minimum Gasteiger partial charge on any atom is -0.410 e. The molecule has 0 saturated carbocycles. The van der Waals surface area contributed by atoms with Crippen molar-refractivity contribution < 1.29 is 9.31 Å². The molecule has 108 valence electrons. The van der Waals surface area contributed by atoms with E-state index >= 15 is 0 Å². The van der Waals surface area contributed by atoms with Crippen molar-refractivity contribution in [2.24, 2.45) is 5.92 Å². The smallest absolute Gasteiger partial charge is 0.410 e. The van der Waals surface area contributed by atoms with Gasteiger partial charge in [-0.25, -0.2) is 4.98 Å². The summed E-state index contributed by atoms with van der Waals surface area (Å²) in [5.74, 6) is 0.381. The Morgan fingerprint density at radius 1 is 1.30 bits per heavy atom. The lowest BCUT2D eigenvalue weighted by molar-refractivity contribution is 0.0371. The van der Waals surface area contributed by atoms with E-state index in [1.165, 1.54) is 0 Å². The average molecular weight is 295 g/mol. The average Bonchev–Trinajstić information content (AvgIpc) is 2.74. The van der Waals surface area contributed by atoms with Crippen LogP contribution in [0.15, 0.2) is 24.5 Å². The van der Waals surface area contributed by atoms with Crippen LogP contribution in [0.5, 0.6) is 0 Å². The van der Waals surface area contributed by atoms with Gasteiger partial charge in [0.25, 0.3) is 0 Å². The second kappa shape index (κ2) is 5.76. The summed E-state index contributed by atoms with van der Waals surface area (Å²) in [6.07, 6.45) is 3.69. The fourth-order valence-electron chi connectivity index (χ4n) is 1.78. The van der Waals surface area contributed by atoms with Crippen molar-refractivity contribution in [3.05, 3.63) is 29.7 Å². The largest absolute Gasteiger partial charge is 0.495 e. The summed E-state index contributed by atoms with van der Waals surface area (Å²) in [6.45, 7) is 8.39. The molecule has 0 fully saturated rings. The maximum Gasteiger partial charge on any atom is 0.495 e. The number of hydrogen-bond donors (Lipinski definition) is 0. The van der Waals surface area contributed by atoms with E-state index in [1.807, 2.05) is 22.7 Å². The van der Waals surface area contributed by atoms with Crippen LogP contribution in [0.25, 0.3) is 5.65 Å². The number of halogens is 1. The summed E-state index contributed by atoms with van der Waals surface area (Å²) in [4.78, 5) is 4.19. The lowest BCUT2D eigenvalue weighted by Crippen LogP contribution is -2.45. The first-order valence-corrected chi connectivity index (χ1v) is 7.06. The first kappa shape index (κ1) is 15.4. The Hall–Kier alpha value is -1.04. The molecule has 6 heteroatoms. The van der Waals surface area contributed by atoms with E-state index in [2.05, 4.69) is 32.7 Å². The Morgan fingerprint density at radius 2 is 2.00 bits per heavy atom. The van der Waals surface area contributed by atoms with Crippen LogP contribution in [-0.2, 0) is 9.31 Å². The zero-order valence-corrected chi connectivity index (χ0v) is 13.3. The molecule has 0 spiro atoms. The zero-order valence-electron chi connectivity index (χ0n) is 12.6. The van der Waals surface area contributed by atoms with Gasteiger partial charge in [0.15, 0.2) is 0 Å². The second-order valence-corrected chi connectivity index (χ2v) is 6.12. The quantitative estimate of drug-likeness (QED) is 0.796. The number of fused-ring (bicyclic) bond motifs is 1. The topological polar surface area (TPSA) is 35.8 Å². The van der Waals surface area contributed by atoms with E-state index in [0.717, 1.165) is 11.1 Å². The van der Waals surface area contributed by atoms with Gasteiger partial charge in [-0.1, -0.05) is 31.5 Å². The number of nitrogens with zero attached hydrogens (tertiary/aromatic N) is 2.